The number of hydrogen-bond donors (Lipinski definition) is 2. The second-order valence-corrected chi connectivity index (χ2v) is 5.69. The number of carbonyl (C=O) groups excluding carboxylic acids is 1. The van der Waals surface area contributed by atoms with Crippen LogP contribution in [0.2, 0.25) is 0 Å². The molecule has 1 aromatic heterocycles. The molecule has 0 aliphatic heterocycles. The Labute approximate surface area is 120 Å². The number of anilines is 1. The monoisotopic (exact) mass is 289 g/mol. The summed E-state index contributed by atoms with van der Waals surface area (Å²) in [6.45, 7) is 3.73. The van der Waals surface area contributed by atoms with Crippen LogP contribution in [0.5, 0.6) is 0 Å². The molecule has 2 rings (SSSR count). The number of carbonyl (C=O) groups is 1. The number of nitrogens with zero attached hydrogens (tertiary/aromatic N) is 1. The first-order chi connectivity index (χ1) is 9.54. The summed E-state index contributed by atoms with van der Waals surface area (Å²) in [4.78, 5) is 29.8. The Morgan fingerprint density at radius 1 is 1.40 bits per heavy atom. The van der Waals surface area contributed by atoms with Crippen LogP contribution in [-0.2, 0) is 4.79 Å². The minimum Gasteiger partial charge on any atom is -0.325 e. The molecule has 0 spiro atoms. The van der Waals surface area contributed by atoms with Gasteiger partial charge in [-0.05, 0) is 31.5 Å². The molecule has 20 heavy (non-hydrogen) atoms. The molecule has 0 aliphatic rings. The van der Waals surface area contributed by atoms with Gasteiger partial charge < -0.3 is 10.3 Å². The lowest BCUT2D eigenvalue weighted by atomic mass is 10.2. The van der Waals surface area contributed by atoms with E-state index in [2.05, 4.69) is 15.3 Å². The maximum atomic E-state index is 12.1. The van der Waals surface area contributed by atoms with Crippen molar-refractivity contribution in [2.45, 2.75) is 24.3 Å². The van der Waals surface area contributed by atoms with E-state index >= 15 is 0 Å². The molecule has 104 valence electrons. The van der Waals surface area contributed by atoms with Gasteiger partial charge in [-0.2, -0.15) is 0 Å². The zero-order chi connectivity index (χ0) is 14.5. The van der Waals surface area contributed by atoms with Crippen LogP contribution in [0.3, 0.4) is 0 Å². The van der Waals surface area contributed by atoms with E-state index in [1.807, 2.05) is 31.2 Å². The Kier molecular flexibility index (Phi) is 4.57. The molecular formula is C14H15N3O2S. The molecule has 0 unspecified atom stereocenters. The third-order valence-electron chi connectivity index (χ3n) is 2.59. The van der Waals surface area contributed by atoms with E-state index in [9.17, 15) is 9.59 Å². The summed E-state index contributed by atoms with van der Waals surface area (Å²) in [5.74, 6) is -0.132. The minimum absolute atomic E-state index is 0.132. The first-order valence-electron chi connectivity index (χ1n) is 6.14. The van der Waals surface area contributed by atoms with Crippen LogP contribution in [0, 0.1) is 6.92 Å². The predicted octanol–water partition coefficient (Wildman–Crippen LogP) is 2.20. The van der Waals surface area contributed by atoms with Gasteiger partial charge in [0.25, 0.3) is 5.56 Å². The van der Waals surface area contributed by atoms with Gasteiger partial charge in [0.1, 0.15) is 0 Å². The Morgan fingerprint density at radius 2 is 2.20 bits per heavy atom. The molecule has 2 aromatic rings. The van der Waals surface area contributed by atoms with Crippen LogP contribution in [0.1, 0.15) is 12.5 Å². The lowest BCUT2D eigenvalue weighted by molar-refractivity contribution is -0.115. The number of H-pyrrole nitrogens is 1. The normalized spacial score (nSPS) is 11.9. The first-order valence-corrected chi connectivity index (χ1v) is 7.02. The first kappa shape index (κ1) is 14.3. The summed E-state index contributed by atoms with van der Waals surface area (Å²) in [5.41, 5.74) is 1.61. The average Bonchev–Trinajstić information content (AvgIpc) is 2.38. The fourth-order valence-corrected chi connectivity index (χ4v) is 2.38. The van der Waals surface area contributed by atoms with Crippen molar-refractivity contribution >= 4 is 23.4 Å². The molecule has 0 aliphatic carbocycles. The van der Waals surface area contributed by atoms with Gasteiger partial charge in [0.2, 0.25) is 5.91 Å². The lowest BCUT2D eigenvalue weighted by Crippen LogP contribution is -2.23. The molecule has 0 radical (unpaired) electrons. The molecule has 1 atom stereocenters. The lowest BCUT2D eigenvalue weighted by Gasteiger charge is -2.11. The van der Waals surface area contributed by atoms with E-state index in [-0.39, 0.29) is 16.7 Å². The largest absolute Gasteiger partial charge is 0.325 e. The molecule has 2 N–H and O–H groups in total. The van der Waals surface area contributed by atoms with Crippen molar-refractivity contribution in [1.82, 2.24) is 9.97 Å². The highest BCUT2D eigenvalue weighted by molar-refractivity contribution is 8.00. The van der Waals surface area contributed by atoms with Crippen molar-refractivity contribution in [3.8, 4) is 0 Å². The van der Waals surface area contributed by atoms with E-state index in [1.54, 1.807) is 6.92 Å². The number of rotatable bonds is 4. The van der Waals surface area contributed by atoms with Gasteiger partial charge in [-0.25, -0.2) is 4.98 Å². The molecule has 5 nitrogen and oxygen atoms in total. The fraction of sp³-hybridized carbons (Fsp3) is 0.214. The van der Waals surface area contributed by atoms with Crippen LogP contribution in [0.25, 0.3) is 0 Å². The van der Waals surface area contributed by atoms with E-state index in [4.69, 9.17) is 0 Å². The van der Waals surface area contributed by atoms with Crippen LogP contribution in [-0.4, -0.2) is 21.1 Å². The van der Waals surface area contributed by atoms with Gasteiger partial charge in [-0.15, -0.1) is 0 Å². The van der Waals surface area contributed by atoms with E-state index in [0.29, 0.717) is 5.16 Å². The molecular weight excluding hydrogens is 274 g/mol. The minimum atomic E-state index is -0.360. The van der Waals surface area contributed by atoms with Gasteiger partial charge in [-0.1, -0.05) is 23.9 Å². The van der Waals surface area contributed by atoms with Gasteiger partial charge in [0.15, 0.2) is 5.16 Å². The highest BCUT2D eigenvalue weighted by atomic mass is 32.2. The van der Waals surface area contributed by atoms with Crippen molar-refractivity contribution < 1.29 is 4.79 Å². The van der Waals surface area contributed by atoms with Gasteiger partial charge in [0.05, 0.1) is 5.25 Å². The van der Waals surface area contributed by atoms with Gasteiger partial charge in [-0.3, -0.25) is 9.59 Å². The summed E-state index contributed by atoms with van der Waals surface area (Å²) in [5, 5.41) is 2.91. The van der Waals surface area contributed by atoms with E-state index in [1.165, 1.54) is 24.0 Å². The Balaban J connectivity index is 2.00. The van der Waals surface area contributed by atoms with Crippen LogP contribution in [0.4, 0.5) is 5.69 Å². The standard InChI is InChI=1S/C14H15N3O2S/c1-9-4-3-5-11(8-9)16-13(19)10(2)20-14-15-7-6-12(18)17-14/h3-8,10H,1-2H3,(H,16,19)(H,15,17,18)/t10-/m1/s1. The quantitative estimate of drug-likeness (QED) is 0.668. The zero-order valence-corrected chi connectivity index (χ0v) is 12.0. The number of aryl methyl sites for hydroxylation is 1. The second-order valence-electron chi connectivity index (χ2n) is 4.36. The SMILES string of the molecule is Cc1cccc(NC(=O)[C@@H](C)Sc2nccc(=O)[nH]2)c1. The van der Waals surface area contributed by atoms with E-state index < -0.39 is 0 Å². The molecule has 6 heteroatoms. The molecule has 0 saturated heterocycles. The smallest absolute Gasteiger partial charge is 0.251 e. The number of benzene rings is 1. The topological polar surface area (TPSA) is 74.8 Å². The summed E-state index contributed by atoms with van der Waals surface area (Å²) in [7, 11) is 0. The van der Waals surface area contributed by atoms with Crippen molar-refractivity contribution in [2.75, 3.05) is 5.32 Å². The maximum absolute atomic E-state index is 12.1. The number of thioether (sulfide) groups is 1. The summed E-state index contributed by atoms with van der Waals surface area (Å²) < 4.78 is 0. The maximum Gasteiger partial charge on any atom is 0.251 e. The Bertz CT molecular complexity index is 669. The van der Waals surface area contributed by atoms with Crippen molar-refractivity contribution in [1.29, 1.82) is 0 Å². The predicted molar refractivity (Wildman–Crippen MR) is 80.0 cm³/mol. The average molecular weight is 289 g/mol. The zero-order valence-electron chi connectivity index (χ0n) is 11.2. The molecule has 0 fully saturated rings. The molecule has 0 bridgehead atoms. The summed E-state index contributed by atoms with van der Waals surface area (Å²) in [6.07, 6.45) is 1.42. The van der Waals surface area contributed by atoms with Crippen molar-refractivity contribution in [3.63, 3.8) is 0 Å². The summed E-state index contributed by atoms with van der Waals surface area (Å²) in [6, 6.07) is 8.93. The number of amides is 1. The van der Waals surface area contributed by atoms with Crippen LogP contribution < -0.4 is 10.9 Å². The molecule has 0 saturated carbocycles. The summed E-state index contributed by atoms with van der Waals surface area (Å²) >= 11 is 1.21. The number of aromatic amines is 1. The molecule has 1 heterocycles. The fourth-order valence-electron chi connectivity index (χ4n) is 1.60. The van der Waals surface area contributed by atoms with Crippen molar-refractivity contribution in [2.24, 2.45) is 0 Å². The Morgan fingerprint density at radius 3 is 2.90 bits per heavy atom. The number of nitrogens with one attached hydrogen (secondary N) is 2. The third-order valence-corrected chi connectivity index (χ3v) is 3.59. The van der Waals surface area contributed by atoms with Crippen LogP contribution in [0.15, 0.2) is 46.5 Å². The highest BCUT2D eigenvalue weighted by Gasteiger charge is 2.15. The van der Waals surface area contributed by atoms with Crippen molar-refractivity contribution in [3.05, 3.63) is 52.4 Å². The highest BCUT2D eigenvalue weighted by Crippen LogP contribution is 2.19. The van der Waals surface area contributed by atoms with E-state index in [0.717, 1.165) is 11.3 Å². The number of hydrogen-bond acceptors (Lipinski definition) is 4. The van der Waals surface area contributed by atoms with Crippen LogP contribution >= 0.6 is 11.8 Å². The third kappa shape index (κ3) is 3.96. The molecule has 1 aromatic carbocycles. The molecule has 1 amide bonds. The number of aromatic nitrogens is 2. The van der Waals surface area contributed by atoms with Gasteiger partial charge >= 0.3 is 0 Å². The Hall–Kier alpha value is -2.08. The second kappa shape index (κ2) is 6.38. The van der Waals surface area contributed by atoms with Gasteiger partial charge in [0, 0.05) is 18.0 Å².